The quantitative estimate of drug-likeness (QED) is 0.269. The summed E-state index contributed by atoms with van der Waals surface area (Å²) in [5.41, 5.74) is 5.92. The topological polar surface area (TPSA) is 107 Å². The maximum absolute atomic E-state index is 12.0. The Morgan fingerprint density at radius 3 is 2.75 bits per heavy atom. The van der Waals surface area contributed by atoms with Crippen molar-refractivity contribution >= 4 is 11.9 Å². The lowest BCUT2D eigenvalue weighted by Crippen LogP contribution is -2.42. The van der Waals surface area contributed by atoms with Gasteiger partial charge in [-0.2, -0.15) is 5.26 Å². The molecule has 0 aliphatic carbocycles. The van der Waals surface area contributed by atoms with Crippen molar-refractivity contribution < 1.29 is 4.79 Å². The molecule has 0 radical (unpaired) electrons. The first-order valence-corrected chi connectivity index (χ1v) is 7.11. The summed E-state index contributed by atoms with van der Waals surface area (Å²) in [6.07, 6.45) is 6.35. The largest absolute Gasteiger partial charge is 0.359 e. The van der Waals surface area contributed by atoms with Gasteiger partial charge in [0.1, 0.15) is 0 Å². The molecule has 1 fully saturated rings. The molecule has 0 unspecified atom stereocenters. The molecule has 1 atom stereocenters. The maximum Gasteiger partial charge on any atom is 0.239 e. The molecule has 0 aromatic rings. The van der Waals surface area contributed by atoms with E-state index in [0.29, 0.717) is 18.9 Å². The zero-order valence-corrected chi connectivity index (χ0v) is 12.1. The van der Waals surface area contributed by atoms with E-state index in [1.54, 1.807) is 13.2 Å². The fraction of sp³-hybridized carbons (Fsp3) is 0.769. The van der Waals surface area contributed by atoms with Gasteiger partial charge in [-0.25, -0.2) is 0 Å². The molecule has 4 N–H and O–H groups in total. The van der Waals surface area contributed by atoms with Crippen molar-refractivity contribution in [2.45, 2.75) is 38.1 Å². The predicted octanol–water partition coefficient (Wildman–Crippen LogP) is -0.248. The van der Waals surface area contributed by atoms with Gasteiger partial charge in [-0.15, -0.1) is 4.99 Å². The number of nitrogens with one attached hydrogen (secondary N) is 2. The van der Waals surface area contributed by atoms with E-state index in [0.717, 1.165) is 38.8 Å². The third-order valence-electron chi connectivity index (χ3n) is 3.37. The Balaban J connectivity index is 2.13. The highest BCUT2D eigenvalue weighted by Gasteiger charge is 2.22. The van der Waals surface area contributed by atoms with Crippen LogP contribution >= 0.6 is 0 Å². The Labute approximate surface area is 120 Å². The Hall–Kier alpha value is -1.81. The van der Waals surface area contributed by atoms with Crippen LogP contribution in [-0.2, 0) is 4.79 Å². The number of nitrogens with zero attached hydrogens (tertiary/aromatic N) is 3. The third-order valence-corrected chi connectivity index (χ3v) is 3.37. The van der Waals surface area contributed by atoms with Crippen molar-refractivity contribution in [3.8, 4) is 6.19 Å². The van der Waals surface area contributed by atoms with Crippen molar-refractivity contribution in [1.82, 2.24) is 15.5 Å². The number of hydrogen-bond donors (Lipinski definition) is 3. The number of amides is 1. The average molecular weight is 280 g/mol. The molecule has 1 heterocycles. The van der Waals surface area contributed by atoms with Gasteiger partial charge in [0, 0.05) is 26.7 Å². The van der Waals surface area contributed by atoms with Gasteiger partial charge in [0.15, 0.2) is 0 Å². The van der Waals surface area contributed by atoms with Crippen molar-refractivity contribution in [3.05, 3.63) is 0 Å². The second-order valence-electron chi connectivity index (χ2n) is 4.87. The van der Waals surface area contributed by atoms with Crippen LogP contribution < -0.4 is 16.4 Å². The van der Waals surface area contributed by atoms with E-state index >= 15 is 0 Å². The highest BCUT2D eigenvalue weighted by Crippen LogP contribution is 2.10. The first kappa shape index (κ1) is 16.2. The van der Waals surface area contributed by atoms with Crippen LogP contribution in [0.5, 0.6) is 0 Å². The zero-order valence-electron chi connectivity index (χ0n) is 12.1. The second-order valence-corrected chi connectivity index (χ2v) is 4.87. The van der Waals surface area contributed by atoms with E-state index in [-0.39, 0.29) is 11.9 Å². The van der Waals surface area contributed by atoms with E-state index < -0.39 is 0 Å². The molecule has 1 saturated heterocycles. The summed E-state index contributed by atoms with van der Waals surface area (Å²) in [6.45, 7) is 2.40. The molecule has 0 aromatic carbocycles. The van der Waals surface area contributed by atoms with Crippen molar-refractivity contribution in [2.24, 2.45) is 10.7 Å². The van der Waals surface area contributed by atoms with Gasteiger partial charge in [0.2, 0.25) is 18.1 Å². The molecule has 0 saturated carbocycles. The van der Waals surface area contributed by atoms with E-state index in [9.17, 15) is 4.79 Å². The standard InChI is InChI=1S/C13H24N6O/c1-16-13(18-10-14)17-7-3-2-6-11(15)12(20)19-8-4-5-9-19/h11H,2-9,15H2,1H3,(H2,16,17,18)/t11-/m0/s1. The Morgan fingerprint density at radius 2 is 2.15 bits per heavy atom. The maximum atomic E-state index is 12.0. The Bertz CT molecular complexity index is 370. The highest BCUT2D eigenvalue weighted by atomic mass is 16.2. The van der Waals surface area contributed by atoms with E-state index in [1.807, 2.05) is 4.90 Å². The molecule has 1 amide bonds. The van der Waals surface area contributed by atoms with Crippen LogP contribution in [0.3, 0.4) is 0 Å². The minimum absolute atomic E-state index is 0.0809. The third kappa shape index (κ3) is 5.45. The van der Waals surface area contributed by atoms with Crippen LogP contribution in [0.4, 0.5) is 0 Å². The molecule has 1 aliphatic heterocycles. The lowest BCUT2D eigenvalue weighted by Gasteiger charge is -2.20. The van der Waals surface area contributed by atoms with Gasteiger partial charge < -0.3 is 21.3 Å². The number of hydrogen-bond acceptors (Lipinski definition) is 4. The molecule has 1 rings (SSSR count). The van der Waals surface area contributed by atoms with Crippen LogP contribution in [0, 0.1) is 11.5 Å². The molecular weight excluding hydrogens is 256 g/mol. The normalized spacial score (nSPS) is 16.6. The molecule has 0 spiro atoms. The van der Waals surface area contributed by atoms with Crippen LogP contribution in [0.25, 0.3) is 0 Å². The van der Waals surface area contributed by atoms with E-state index in [1.165, 1.54) is 0 Å². The number of rotatable bonds is 6. The monoisotopic (exact) mass is 280 g/mol. The minimum atomic E-state index is -0.385. The molecule has 0 bridgehead atoms. The van der Waals surface area contributed by atoms with Crippen LogP contribution in [0.2, 0.25) is 0 Å². The molecular formula is C13H24N6O. The molecule has 112 valence electrons. The van der Waals surface area contributed by atoms with Gasteiger partial charge in [-0.1, -0.05) is 0 Å². The number of nitriles is 1. The van der Waals surface area contributed by atoms with Gasteiger partial charge in [0.05, 0.1) is 6.04 Å². The summed E-state index contributed by atoms with van der Waals surface area (Å²) in [7, 11) is 1.70. The molecule has 20 heavy (non-hydrogen) atoms. The smallest absolute Gasteiger partial charge is 0.239 e. The van der Waals surface area contributed by atoms with Crippen molar-refractivity contribution in [3.63, 3.8) is 0 Å². The van der Waals surface area contributed by atoms with Crippen molar-refractivity contribution in [1.29, 1.82) is 5.26 Å². The molecule has 1 aliphatic rings. The summed E-state index contributed by atoms with van der Waals surface area (Å²) in [6, 6.07) is -0.385. The van der Waals surface area contributed by atoms with E-state index in [4.69, 9.17) is 11.0 Å². The van der Waals surface area contributed by atoms with E-state index in [2.05, 4.69) is 15.6 Å². The van der Waals surface area contributed by atoms with Crippen LogP contribution in [0.15, 0.2) is 4.99 Å². The first-order chi connectivity index (χ1) is 9.69. The van der Waals surface area contributed by atoms with Gasteiger partial charge >= 0.3 is 0 Å². The summed E-state index contributed by atoms with van der Waals surface area (Å²) in [4.78, 5) is 17.4. The number of aliphatic imine (C=N–C) groups is 1. The number of guanidine groups is 1. The highest BCUT2D eigenvalue weighted by molar-refractivity contribution is 5.81. The summed E-state index contributed by atoms with van der Waals surface area (Å²) < 4.78 is 0. The lowest BCUT2D eigenvalue weighted by atomic mass is 10.1. The van der Waals surface area contributed by atoms with Gasteiger partial charge in [-0.05, 0) is 32.1 Å². The second kappa shape index (κ2) is 9.15. The lowest BCUT2D eigenvalue weighted by molar-refractivity contribution is -0.131. The number of unbranched alkanes of at least 4 members (excludes halogenated alkanes) is 1. The predicted molar refractivity (Wildman–Crippen MR) is 77.8 cm³/mol. The molecule has 0 aromatic heterocycles. The average Bonchev–Trinajstić information content (AvgIpc) is 2.98. The fourth-order valence-electron chi connectivity index (χ4n) is 2.23. The van der Waals surface area contributed by atoms with Crippen LogP contribution in [0.1, 0.15) is 32.1 Å². The summed E-state index contributed by atoms with van der Waals surface area (Å²) in [5.74, 6) is 0.544. The molecule has 7 heteroatoms. The Kier molecular flexibility index (Phi) is 7.43. The van der Waals surface area contributed by atoms with Crippen molar-refractivity contribution in [2.75, 3.05) is 26.7 Å². The first-order valence-electron chi connectivity index (χ1n) is 7.11. The number of carbonyl (C=O) groups excluding carboxylic acids is 1. The molecule has 7 nitrogen and oxygen atoms in total. The zero-order chi connectivity index (χ0) is 14.8. The Morgan fingerprint density at radius 1 is 1.45 bits per heavy atom. The summed E-state index contributed by atoms with van der Waals surface area (Å²) in [5, 5.41) is 14.2. The SMILES string of the molecule is CN/C(=N/C#N)NCCCC[C@H](N)C(=O)N1CCCC1. The minimum Gasteiger partial charge on any atom is -0.359 e. The van der Waals surface area contributed by atoms with Gasteiger partial charge in [0.25, 0.3) is 0 Å². The van der Waals surface area contributed by atoms with Gasteiger partial charge in [-0.3, -0.25) is 4.79 Å². The number of nitrogens with two attached hydrogens (primary N) is 1. The number of likely N-dealkylation sites (tertiary alicyclic amines) is 1. The number of carbonyl (C=O) groups is 1. The summed E-state index contributed by atoms with van der Waals surface area (Å²) >= 11 is 0. The fourth-order valence-corrected chi connectivity index (χ4v) is 2.23. The van der Waals surface area contributed by atoms with Crippen LogP contribution in [-0.4, -0.2) is 49.5 Å².